The monoisotopic (exact) mass is 443 g/mol. The Morgan fingerprint density at radius 1 is 0.742 bits per heavy atom. The molecule has 0 saturated heterocycles. The maximum absolute atomic E-state index is 12.5. The zero-order chi connectivity index (χ0) is 24.3. The summed E-state index contributed by atoms with van der Waals surface area (Å²) in [6.07, 6.45) is 5.74. The molecule has 1 N–H and O–H groups in total. The van der Waals surface area contributed by atoms with Gasteiger partial charge in [0.2, 0.25) is 5.91 Å². The number of likely N-dealkylation sites (N-methyl/N-ethyl adjacent to an activating group) is 1. The molecule has 0 heterocycles. The Labute approximate surface area is 193 Å². The van der Waals surface area contributed by atoms with Gasteiger partial charge in [-0.1, -0.05) is 20.8 Å². The number of ketones is 1. The maximum atomic E-state index is 12.5. The Kier molecular flexibility index (Phi) is 12.5. The van der Waals surface area contributed by atoms with E-state index in [4.69, 9.17) is 0 Å². The molecule has 0 radical (unpaired) electrons. The molecule has 0 aliphatic heterocycles. The van der Waals surface area contributed by atoms with Crippen molar-refractivity contribution in [2.24, 2.45) is 5.41 Å². The molecule has 31 heavy (non-hydrogen) atoms. The highest BCUT2D eigenvalue weighted by atomic mass is 16.2. The first-order chi connectivity index (χ1) is 14.0. The number of unbranched alkanes of at least 4 members (excludes halogenated alkanes) is 1. The van der Waals surface area contributed by atoms with E-state index in [1.807, 2.05) is 20.8 Å². The lowest BCUT2D eigenvalue weighted by molar-refractivity contribution is -0.902. The van der Waals surface area contributed by atoms with E-state index in [9.17, 15) is 9.59 Å². The van der Waals surface area contributed by atoms with Gasteiger partial charge in [0, 0.05) is 31.2 Å². The van der Waals surface area contributed by atoms with Crippen LogP contribution in [0.15, 0.2) is 0 Å². The fourth-order valence-corrected chi connectivity index (χ4v) is 3.69. The van der Waals surface area contributed by atoms with Crippen LogP contribution in [0.5, 0.6) is 0 Å². The van der Waals surface area contributed by atoms with Gasteiger partial charge in [-0.15, -0.1) is 0 Å². The number of nitrogens with zero attached hydrogens (tertiary/aromatic N) is 3. The van der Waals surface area contributed by atoms with Gasteiger partial charge in [0.15, 0.2) is 5.78 Å². The van der Waals surface area contributed by atoms with E-state index in [2.05, 4.69) is 54.7 Å². The van der Waals surface area contributed by atoms with E-state index in [0.29, 0.717) is 29.8 Å². The fourth-order valence-electron chi connectivity index (χ4n) is 3.69. The first kappa shape index (κ1) is 30.0. The van der Waals surface area contributed by atoms with E-state index in [1.165, 1.54) is 19.5 Å². The Hall–Kier alpha value is -0.980. The number of carbonyl (C=O) groups excluding carboxylic acids is 2. The molecule has 0 spiro atoms. The topological polar surface area (TPSA) is 46.2 Å². The van der Waals surface area contributed by atoms with Crippen LogP contribution in [-0.4, -0.2) is 114 Å². The SMILES string of the molecule is CCC(C)(C)C(=O)NCCC[N+](C)(C)CC(=O)CCCC[N+](C)(C)CCC[N+](C)(C)C. The van der Waals surface area contributed by atoms with Crippen molar-refractivity contribution >= 4 is 11.7 Å². The molecule has 6 heteroatoms. The van der Waals surface area contributed by atoms with Crippen molar-refractivity contribution in [1.82, 2.24) is 5.32 Å². The molecule has 0 rings (SSSR count). The average molecular weight is 444 g/mol. The summed E-state index contributed by atoms with van der Waals surface area (Å²) in [6.45, 7) is 11.7. The van der Waals surface area contributed by atoms with Crippen LogP contribution in [0, 0.1) is 5.41 Å². The van der Waals surface area contributed by atoms with Gasteiger partial charge in [-0.2, -0.15) is 0 Å². The van der Waals surface area contributed by atoms with Crippen molar-refractivity contribution in [2.45, 2.75) is 59.3 Å². The predicted octanol–water partition coefficient (Wildman–Crippen LogP) is 2.92. The van der Waals surface area contributed by atoms with Gasteiger partial charge in [-0.25, -0.2) is 0 Å². The summed E-state index contributed by atoms with van der Waals surface area (Å²) in [7, 11) is 15.6. The molecule has 184 valence electrons. The molecule has 6 nitrogen and oxygen atoms in total. The van der Waals surface area contributed by atoms with Gasteiger partial charge in [0.1, 0.15) is 6.54 Å². The standard InChI is InChI=1S/C25H54N4O2/c1-11-25(2,3)24(31)26-17-14-20-29(9,10)22-23(30)16-12-13-19-28(7,8)21-15-18-27(4,5)6/h11-22H2,1-10H3/q+2/p+1. The van der Waals surface area contributed by atoms with Crippen molar-refractivity contribution < 1.29 is 23.0 Å². The summed E-state index contributed by atoms with van der Waals surface area (Å²) in [5, 5.41) is 3.04. The van der Waals surface area contributed by atoms with Gasteiger partial charge in [0.05, 0.1) is 75.5 Å². The van der Waals surface area contributed by atoms with Crippen LogP contribution >= 0.6 is 0 Å². The summed E-state index contributed by atoms with van der Waals surface area (Å²) >= 11 is 0. The fraction of sp³-hybridized carbons (Fsp3) is 0.920. The number of rotatable bonds is 17. The van der Waals surface area contributed by atoms with Crippen LogP contribution in [0.1, 0.15) is 59.3 Å². The average Bonchev–Trinajstić information content (AvgIpc) is 2.60. The van der Waals surface area contributed by atoms with Gasteiger partial charge >= 0.3 is 0 Å². The third kappa shape index (κ3) is 15.5. The molecule has 0 atom stereocenters. The highest BCUT2D eigenvalue weighted by molar-refractivity contribution is 5.81. The van der Waals surface area contributed by atoms with Gasteiger partial charge in [0.25, 0.3) is 0 Å². The zero-order valence-electron chi connectivity index (χ0n) is 22.6. The lowest BCUT2D eigenvalue weighted by Gasteiger charge is -2.32. The maximum Gasteiger partial charge on any atom is 0.225 e. The van der Waals surface area contributed by atoms with Crippen LogP contribution in [0.2, 0.25) is 0 Å². The number of Topliss-reactive ketones (excluding diaryl/α,β-unsaturated/α-hetero) is 1. The molecule has 0 unspecified atom stereocenters. The quantitative estimate of drug-likeness (QED) is 0.278. The molecule has 0 aromatic carbocycles. The van der Waals surface area contributed by atoms with Crippen molar-refractivity contribution in [2.75, 3.05) is 88.6 Å². The summed E-state index contributed by atoms with van der Waals surface area (Å²) in [5.74, 6) is 0.478. The molecule has 0 bridgehead atoms. The lowest BCUT2D eigenvalue weighted by atomic mass is 9.89. The lowest BCUT2D eigenvalue weighted by Crippen LogP contribution is -2.46. The van der Waals surface area contributed by atoms with Crippen LogP contribution in [-0.2, 0) is 9.59 Å². The van der Waals surface area contributed by atoms with Crippen molar-refractivity contribution in [3.8, 4) is 0 Å². The number of amides is 1. The predicted molar refractivity (Wildman–Crippen MR) is 132 cm³/mol. The van der Waals surface area contributed by atoms with Crippen LogP contribution in [0.4, 0.5) is 0 Å². The summed E-state index contributed by atoms with van der Waals surface area (Å²) in [4.78, 5) is 24.6. The van der Waals surface area contributed by atoms with E-state index in [-0.39, 0.29) is 11.3 Å². The summed E-state index contributed by atoms with van der Waals surface area (Å²) < 4.78 is 2.75. The minimum absolute atomic E-state index is 0.121. The second-order valence-electron chi connectivity index (χ2n) is 12.4. The molecule has 0 fully saturated rings. The van der Waals surface area contributed by atoms with Crippen molar-refractivity contribution in [3.63, 3.8) is 0 Å². The van der Waals surface area contributed by atoms with Crippen LogP contribution in [0.25, 0.3) is 0 Å². The van der Waals surface area contributed by atoms with E-state index < -0.39 is 0 Å². The molecular weight excluding hydrogens is 388 g/mol. The number of hydrogen-bond donors (Lipinski definition) is 1. The number of quaternary nitrogens is 3. The molecule has 1 amide bonds. The minimum atomic E-state index is -0.306. The normalized spacial score (nSPS) is 13.4. The molecule has 0 saturated carbocycles. The Balaban J connectivity index is 4.07. The van der Waals surface area contributed by atoms with Gasteiger partial charge in [-0.05, 0) is 19.3 Å². The van der Waals surface area contributed by atoms with Gasteiger partial charge in [-0.3, -0.25) is 9.59 Å². The summed E-state index contributed by atoms with van der Waals surface area (Å²) in [6, 6.07) is 0. The van der Waals surface area contributed by atoms with Crippen LogP contribution in [0.3, 0.4) is 0 Å². The molecule has 0 aromatic heterocycles. The third-order valence-electron chi connectivity index (χ3n) is 6.39. The van der Waals surface area contributed by atoms with Gasteiger partial charge < -0.3 is 18.8 Å². The first-order valence-corrected chi connectivity index (χ1v) is 12.2. The Morgan fingerprint density at radius 3 is 1.84 bits per heavy atom. The number of nitrogens with one attached hydrogen (secondary N) is 1. The van der Waals surface area contributed by atoms with E-state index in [0.717, 1.165) is 47.7 Å². The number of carbonyl (C=O) groups is 2. The van der Waals surface area contributed by atoms with Crippen molar-refractivity contribution in [3.05, 3.63) is 0 Å². The second kappa shape index (κ2) is 12.9. The Morgan fingerprint density at radius 2 is 1.29 bits per heavy atom. The van der Waals surface area contributed by atoms with Crippen LogP contribution < -0.4 is 5.32 Å². The first-order valence-electron chi connectivity index (χ1n) is 12.2. The highest BCUT2D eigenvalue weighted by Gasteiger charge is 2.25. The van der Waals surface area contributed by atoms with E-state index >= 15 is 0 Å². The third-order valence-corrected chi connectivity index (χ3v) is 6.39. The molecule has 0 aromatic rings. The van der Waals surface area contributed by atoms with E-state index in [1.54, 1.807) is 0 Å². The second-order valence-corrected chi connectivity index (χ2v) is 12.4. The molecule has 0 aliphatic carbocycles. The molecular formula is C25H55N4O2+3. The zero-order valence-corrected chi connectivity index (χ0v) is 22.6. The number of hydrogen-bond acceptors (Lipinski definition) is 2. The largest absolute Gasteiger partial charge is 0.355 e. The smallest absolute Gasteiger partial charge is 0.225 e. The molecule has 0 aliphatic rings. The minimum Gasteiger partial charge on any atom is -0.355 e. The Bertz CT molecular complexity index is 548. The highest BCUT2D eigenvalue weighted by Crippen LogP contribution is 2.19. The van der Waals surface area contributed by atoms with Crippen molar-refractivity contribution in [1.29, 1.82) is 0 Å². The summed E-state index contributed by atoms with van der Waals surface area (Å²) in [5.41, 5.74) is -0.306.